The Bertz CT molecular complexity index is 548. The molecule has 20 heavy (non-hydrogen) atoms. The lowest BCUT2D eigenvalue weighted by molar-refractivity contribution is 0.146. The lowest BCUT2D eigenvalue weighted by Gasteiger charge is -2.15. The monoisotopic (exact) mass is 271 g/mol. The number of hydrogen-bond donors (Lipinski definition) is 1. The molecule has 1 aromatic carbocycles. The second-order valence-electron chi connectivity index (χ2n) is 4.91. The number of ether oxygens (including phenoxy) is 1. The summed E-state index contributed by atoms with van der Waals surface area (Å²) in [6.45, 7) is 7.72. The summed E-state index contributed by atoms with van der Waals surface area (Å²) in [6.07, 6.45) is 3.61. The Hall–Kier alpha value is -1.91. The van der Waals surface area contributed by atoms with Gasteiger partial charge in [0.25, 0.3) is 0 Å². The molecule has 2 rings (SSSR count). The van der Waals surface area contributed by atoms with Crippen LogP contribution in [0.15, 0.2) is 55.0 Å². The molecular weight excluding hydrogens is 250 g/mol. The molecule has 0 saturated heterocycles. The summed E-state index contributed by atoms with van der Waals surface area (Å²) in [6, 6.07) is 9.86. The third kappa shape index (κ3) is 3.79. The first-order valence-electron chi connectivity index (χ1n) is 6.71. The molecule has 1 unspecified atom stereocenters. The van der Waals surface area contributed by atoms with Crippen molar-refractivity contribution in [3.63, 3.8) is 0 Å². The standard InChI is InChI=1S/C16H21N3O/c1-13(2)11-20-9-8-19-12-18-10-15(19)16(17)14-6-4-3-5-7-14/h3-7,10,12,16H,1,8-9,11,17H2,2H3. The highest BCUT2D eigenvalue weighted by Crippen LogP contribution is 2.18. The smallest absolute Gasteiger partial charge is 0.0949 e. The normalized spacial score (nSPS) is 12.3. The Morgan fingerprint density at radius 2 is 2.15 bits per heavy atom. The highest BCUT2D eigenvalue weighted by molar-refractivity contribution is 5.26. The van der Waals surface area contributed by atoms with Crippen molar-refractivity contribution < 1.29 is 4.74 Å². The van der Waals surface area contributed by atoms with Gasteiger partial charge in [-0.2, -0.15) is 0 Å². The van der Waals surface area contributed by atoms with E-state index in [1.54, 1.807) is 6.33 Å². The average molecular weight is 271 g/mol. The van der Waals surface area contributed by atoms with Gasteiger partial charge >= 0.3 is 0 Å². The Balaban J connectivity index is 1.99. The summed E-state index contributed by atoms with van der Waals surface area (Å²) in [7, 11) is 0. The number of hydrogen-bond acceptors (Lipinski definition) is 3. The summed E-state index contributed by atoms with van der Waals surface area (Å²) >= 11 is 0. The quantitative estimate of drug-likeness (QED) is 0.622. The summed E-state index contributed by atoms with van der Waals surface area (Å²) in [5.41, 5.74) is 9.40. The fourth-order valence-corrected chi connectivity index (χ4v) is 2.02. The van der Waals surface area contributed by atoms with Crippen molar-refractivity contribution in [2.75, 3.05) is 13.2 Å². The summed E-state index contributed by atoms with van der Waals surface area (Å²) in [5, 5.41) is 0. The van der Waals surface area contributed by atoms with E-state index in [0.717, 1.165) is 23.4 Å². The fraction of sp³-hybridized carbons (Fsp3) is 0.312. The van der Waals surface area contributed by atoms with Crippen molar-refractivity contribution >= 4 is 0 Å². The van der Waals surface area contributed by atoms with E-state index >= 15 is 0 Å². The average Bonchev–Trinajstić information content (AvgIpc) is 2.92. The zero-order chi connectivity index (χ0) is 14.4. The summed E-state index contributed by atoms with van der Waals surface area (Å²) in [5.74, 6) is 0. The Kier molecular flexibility index (Phi) is 5.09. The van der Waals surface area contributed by atoms with Gasteiger partial charge in [0.15, 0.2) is 0 Å². The molecule has 0 saturated carbocycles. The van der Waals surface area contributed by atoms with Crippen molar-refractivity contribution in [3.8, 4) is 0 Å². The van der Waals surface area contributed by atoms with Crippen LogP contribution in [0.25, 0.3) is 0 Å². The van der Waals surface area contributed by atoms with Gasteiger partial charge in [-0.05, 0) is 12.5 Å². The molecule has 4 heteroatoms. The van der Waals surface area contributed by atoms with Gasteiger partial charge in [0, 0.05) is 6.54 Å². The predicted octanol–water partition coefficient (Wildman–Crippen LogP) is 2.52. The van der Waals surface area contributed by atoms with Crippen LogP contribution in [0.1, 0.15) is 24.2 Å². The zero-order valence-corrected chi connectivity index (χ0v) is 11.8. The fourth-order valence-electron chi connectivity index (χ4n) is 2.02. The Morgan fingerprint density at radius 1 is 1.40 bits per heavy atom. The van der Waals surface area contributed by atoms with Crippen LogP contribution in [0.2, 0.25) is 0 Å². The van der Waals surface area contributed by atoms with Gasteiger partial charge < -0.3 is 15.0 Å². The lowest BCUT2D eigenvalue weighted by Crippen LogP contribution is -2.18. The second-order valence-corrected chi connectivity index (χ2v) is 4.91. The molecule has 1 atom stereocenters. The third-order valence-electron chi connectivity index (χ3n) is 3.05. The van der Waals surface area contributed by atoms with Crippen LogP contribution >= 0.6 is 0 Å². The number of benzene rings is 1. The number of aromatic nitrogens is 2. The minimum absolute atomic E-state index is 0.167. The van der Waals surface area contributed by atoms with Gasteiger partial charge in [-0.15, -0.1) is 0 Å². The highest BCUT2D eigenvalue weighted by atomic mass is 16.5. The molecule has 2 N–H and O–H groups in total. The van der Waals surface area contributed by atoms with Gasteiger partial charge in [-0.3, -0.25) is 0 Å². The van der Waals surface area contributed by atoms with Crippen molar-refractivity contribution in [1.29, 1.82) is 0 Å². The van der Waals surface area contributed by atoms with Crippen LogP contribution in [-0.4, -0.2) is 22.8 Å². The Morgan fingerprint density at radius 3 is 2.85 bits per heavy atom. The van der Waals surface area contributed by atoms with E-state index in [1.165, 1.54) is 0 Å². The molecule has 4 nitrogen and oxygen atoms in total. The van der Waals surface area contributed by atoms with Crippen LogP contribution in [0.5, 0.6) is 0 Å². The minimum atomic E-state index is -0.167. The number of rotatable bonds is 7. The van der Waals surface area contributed by atoms with E-state index in [-0.39, 0.29) is 6.04 Å². The molecule has 2 aromatic rings. The summed E-state index contributed by atoms with van der Waals surface area (Å²) in [4.78, 5) is 4.19. The summed E-state index contributed by atoms with van der Waals surface area (Å²) < 4.78 is 7.56. The zero-order valence-electron chi connectivity index (χ0n) is 11.8. The van der Waals surface area contributed by atoms with Crippen molar-refractivity contribution in [2.24, 2.45) is 5.73 Å². The second kappa shape index (κ2) is 7.03. The van der Waals surface area contributed by atoms with Crippen LogP contribution in [0, 0.1) is 0 Å². The van der Waals surface area contributed by atoms with E-state index < -0.39 is 0 Å². The van der Waals surface area contributed by atoms with E-state index in [1.807, 2.05) is 48.0 Å². The molecule has 0 fully saturated rings. The molecule has 0 aliphatic rings. The van der Waals surface area contributed by atoms with Gasteiger partial charge in [-0.25, -0.2) is 4.98 Å². The largest absolute Gasteiger partial charge is 0.375 e. The Labute approximate surface area is 119 Å². The maximum absolute atomic E-state index is 6.30. The number of nitrogens with zero attached hydrogens (tertiary/aromatic N) is 2. The molecule has 0 radical (unpaired) electrons. The van der Waals surface area contributed by atoms with E-state index in [4.69, 9.17) is 10.5 Å². The number of imidazole rings is 1. The molecular formula is C16H21N3O. The highest BCUT2D eigenvalue weighted by Gasteiger charge is 2.13. The molecule has 106 valence electrons. The van der Waals surface area contributed by atoms with Crippen LogP contribution in [0.3, 0.4) is 0 Å². The molecule has 0 amide bonds. The van der Waals surface area contributed by atoms with Crippen molar-refractivity contribution in [1.82, 2.24) is 9.55 Å². The van der Waals surface area contributed by atoms with Crippen molar-refractivity contribution in [2.45, 2.75) is 19.5 Å². The minimum Gasteiger partial charge on any atom is -0.375 e. The topological polar surface area (TPSA) is 53.1 Å². The predicted molar refractivity (Wildman–Crippen MR) is 80.3 cm³/mol. The van der Waals surface area contributed by atoms with Crippen LogP contribution in [-0.2, 0) is 11.3 Å². The lowest BCUT2D eigenvalue weighted by atomic mass is 10.1. The van der Waals surface area contributed by atoms with E-state index in [0.29, 0.717) is 13.2 Å². The molecule has 1 aromatic heterocycles. The molecule has 0 spiro atoms. The van der Waals surface area contributed by atoms with Crippen LogP contribution < -0.4 is 5.73 Å². The third-order valence-corrected chi connectivity index (χ3v) is 3.05. The molecule has 0 bridgehead atoms. The molecule has 1 heterocycles. The van der Waals surface area contributed by atoms with E-state index in [2.05, 4.69) is 11.6 Å². The first kappa shape index (κ1) is 14.5. The van der Waals surface area contributed by atoms with Gasteiger partial charge in [0.2, 0.25) is 0 Å². The first-order chi connectivity index (χ1) is 9.68. The number of nitrogens with two attached hydrogens (primary N) is 1. The van der Waals surface area contributed by atoms with Crippen LogP contribution in [0.4, 0.5) is 0 Å². The van der Waals surface area contributed by atoms with E-state index in [9.17, 15) is 0 Å². The van der Waals surface area contributed by atoms with Gasteiger partial charge in [-0.1, -0.05) is 42.5 Å². The maximum Gasteiger partial charge on any atom is 0.0949 e. The molecule has 0 aliphatic heterocycles. The van der Waals surface area contributed by atoms with Gasteiger partial charge in [0.1, 0.15) is 0 Å². The SMILES string of the molecule is C=C(C)COCCn1cncc1C(N)c1ccccc1. The first-order valence-corrected chi connectivity index (χ1v) is 6.71. The van der Waals surface area contributed by atoms with Gasteiger partial charge in [0.05, 0.1) is 37.5 Å². The molecule has 0 aliphatic carbocycles. The maximum atomic E-state index is 6.30. The van der Waals surface area contributed by atoms with Crippen molar-refractivity contribution in [3.05, 3.63) is 66.3 Å².